The van der Waals surface area contributed by atoms with Gasteiger partial charge >= 0.3 is 12.2 Å². The molecule has 2 aromatic carbocycles. The van der Waals surface area contributed by atoms with E-state index in [9.17, 15) is 14.4 Å². The van der Waals surface area contributed by atoms with Crippen LogP contribution in [0, 0.1) is 0 Å². The van der Waals surface area contributed by atoms with Gasteiger partial charge in [0.15, 0.2) is 0 Å². The number of aromatic nitrogens is 2. The molecule has 2 aliphatic heterocycles. The van der Waals surface area contributed by atoms with Gasteiger partial charge in [-0.25, -0.2) is 14.6 Å². The van der Waals surface area contributed by atoms with E-state index < -0.39 is 11.2 Å². The highest BCUT2D eigenvalue weighted by Gasteiger charge is 2.31. The molecule has 0 aliphatic carbocycles. The lowest BCUT2D eigenvalue weighted by atomic mass is 10.0. The third kappa shape index (κ3) is 13.2. The highest BCUT2D eigenvalue weighted by atomic mass is 16.6. The van der Waals surface area contributed by atoms with Crippen LogP contribution in [0.5, 0.6) is 0 Å². The summed E-state index contributed by atoms with van der Waals surface area (Å²) in [7, 11) is 1.73. The number of hydrogen-bond donors (Lipinski definition) is 2. The summed E-state index contributed by atoms with van der Waals surface area (Å²) in [6.45, 7) is 16.8. The Labute approximate surface area is 322 Å². The number of ether oxygens (including phenoxy) is 3. The number of carbonyl (C=O) groups excluding carboxylic acids is 3. The third-order valence-corrected chi connectivity index (χ3v) is 9.22. The Morgan fingerprint density at radius 1 is 0.815 bits per heavy atom. The minimum atomic E-state index is -0.493. The second kappa shape index (κ2) is 19.8. The number of amides is 3. The fourth-order valence-corrected chi connectivity index (χ4v) is 6.79. The number of nitrogens with zero attached hydrogens (tertiary/aromatic N) is 4. The number of hydrogen-bond acceptors (Lipinski definition) is 8. The molecular formula is C42H64N6O6. The summed E-state index contributed by atoms with van der Waals surface area (Å²) in [5.74, 6) is 1.11. The van der Waals surface area contributed by atoms with Crippen LogP contribution in [0.25, 0.3) is 11.0 Å². The third-order valence-electron chi connectivity index (χ3n) is 9.22. The van der Waals surface area contributed by atoms with Crippen molar-refractivity contribution in [2.75, 3.05) is 50.5 Å². The van der Waals surface area contributed by atoms with Crippen molar-refractivity contribution in [3.8, 4) is 0 Å². The maximum atomic E-state index is 12.6. The first kappa shape index (κ1) is 42.4. The Kier molecular flexibility index (Phi) is 15.6. The molecule has 2 aliphatic rings. The van der Waals surface area contributed by atoms with E-state index in [-0.39, 0.29) is 30.2 Å². The van der Waals surface area contributed by atoms with Crippen molar-refractivity contribution in [2.24, 2.45) is 0 Å². The highest BCUT2D eigenvalue weighted by molar-refractivity contribution is 5.94. The number of benzene rings is 2. The van der Waals surface area contributed by atoms with Gasteiger partial charge in [-0.15, -0.1) is 0 Å². The second-order valence-electron chi connectivity index (χ2n) is 16.3. The normalized spacial score (nSPS) is 17.7. The molecule has 0 spiro atoms. The van der Waals surface area contributed by atoms with E-state index >= 15 is 0 Å². The summed E-state index contributed by atoms with van der Waals surface area (Å²) in [4.78, 5) is 45.4. The van der Waals surface area contributed by atoms with Gasteiger partial charge in [0.2, 0.25) is 5.91 Å². The molecule has 12 nitrogen and oxygen atoms in total. The first-order valence-corrected chi connectivity index (χ1v) is 19.7. The zero-order chi connectivity index (χ0) is 39.3. The first-order chi connectivity index (χ1) is 25.7. The molecule has 1 aromatic heterocycles. The minimum absolute atomic E-state index is 0.0325. The highest BCUT2D eigenvalue weighted by Crippen LogP contribution is 2.30. The lowest BCUT2D eigenvalue weighted by Crippen LogP contribution is -2.47. The molecule has 2 atom stereocenters. The number of imidazole rings is 1. The van der Waals surface area contributed by atoms with Gasteiger partial charge in [-0.05, 0) is 104 Å². The molecule has 5 rings (SSSR count). The Hall–Kier alpha value is -4.32. The Morgan fingerprint density at radius 2 is 1.43 bits per heavy atom. The SMILES string of the molecule is CCCCC(=O)Nc1ccccc1NC1CCCN(C(=O)OC(C)(C)C)C1.COCCCc1nc2ccccc2n1[C@@H]1CCCN(C(=O)OC(C)(C)C)C1. The molecule has 0 saturated carbocycles. The maximum absolute atomic E-state index is 12.6. The molecule has 12 heteroatoms. The van der Waals surface area contributed by atoms with Gasteiger partial charge in [-0.1, -0.05) is 37.6 Å². The van der Waals surface area contributed by atoms with Crippen molar-refractivity contribution >= 4 is 40.5 Å². The molecule has 3 heterocycles. The van der Waals surface area contributed by atoms with E-state index in [1.165, 1.54) is 0 Å². The molecule has 298 valence electrons. The van der Waals surface area contributed by atoms with Gasteiger partial charge in [0.25, 0.3) is 0 Å². The van der Waals surface area contributed by atoms with Crippen LogP contribution in [0.15, 0.2) is 48.5 Å². The van der Waals surface area contributed by atoms with Crippen molar-refractivity contribution in [1.82, 2.24) is 19.4 Å². The Bertz CT molecular complexity index is 1660. The van der Waals surface area contributed by atoms with Crippen molar-refractivity contribution in [3.63, 3.8) is 0 Å². The number of anilines is 2. The van der Waals surface area contributed by atoms with Crippen molar-refractivity contribution in [2.45, 2.75) is 130 Å². The molecular weight excluding hydrogens is 684 g/mol. The van der Waals surface area contributed by atoms with Gasteiger partial charge in [0, 0.05) is 58.8 Å². The van der Waals surface area contributed by atoms with E-state index in [4.69, 9.17) is 19.2 Å². The lowest BCUT2D eigenvalue weighted by molar-refractivity contribution is -0.116. The fraction of sp³-hybridized carbons (Fsp3) is 0.619. The number of aryl methyl sites for hydroxylation is 1. The predicted octanol–water partition coefficient (Wildman–Crippen LogP) is 8.81. The van der Waals surface area contributed by atoms with Crippen molar-refractivity contribution < 1.29 is 28.6 Å². The van der Waals surface area contributed by atoms with Crippen molar-refractivity contribution in [3.05, 3.63) is 54.4 Å². The van der Waals surface area contributed by atoms with E-state index in [1.807, 2.05) is 82.8 Å². The number of methoxy groups -OCH3 is 1. The zero-order valence-electron chi connectivity index (χ0n) is 33.9. The molecule has 0 radical (unpaired) electrons. The van der Waals surface area contributed by atoms with E-state index in [1.54, 1.807) is 12.0 Å². The maximum Gasteiger partial charge on any atom is 0.410 e. The van der Waals surface area contributed by atoms with Crippen LogP contribution in [-0.4, -0.2) is 94.6 Å². The topological polar surface area (TPSA) is 127 Å². The van der Waals surface area contributed by atoms with Crippen LogP contribution in [0.4, 0.5) is 21.0 Å². The molecule has 3 aromatic rings. The molecule has 1 unspecified atom stereocenters. The predicted molar refractivity (Wildman–Crippen MR) is 215 cm³/mol. The first-order valence-electron chi connectivity index (χ1n) is 19.7. The van der Waals surface area contributed by atoms with Crippen molar-refractivity contribution in [1.29, 1.82) is 0 Å². The van der Waals surface area contributed by atoms with Crippen LogP contribution in [0.1, 0.15) is 112 Å². The Morgan fingerprint density at radius 3 is 2.07 bits per heavy atom. The zero-order valence-corrected chi connectivity index (χ0v) is 33.9. The van der Waals surface area contributed by atoms with E-state index in [0.29, 0.717) is 26.1 Å². The lowest BCUT2D eigenvalue weighted by Gasteiger charge is -2.35. The van der Waals surface area contributed by atoms with Gasteiger partial charge in [0.05, 0.1) is 28.5 Å². The quantitative estimate of drug-likeness (QED) is 0.186. The number of nitrogens with one attached hydrogen (secondary N) is 2. The van der Waals surface area contributed by atoms with Gasteiger partial charge in [-0.2, -0.15) is 0 Å². The summed E-state index contributed by atoms with van der Waals surface area (Å²) < 4.78 is 18.6. The molecule has 0 bridgehead atoms. The number of likely N-dealkylation sites (tertiary alicyclic amines) is 2. The van der Waals surface area contributed by atoms with Crippen LogP contribution < -0.4 is 10.6 Å². The minimum Gasteiger partial charge on any atom is -0.444 e. The summed E-state index contributed by atoms with van der Waals surface area (Å²) in [6.07, 6.45) is 7.61. The van der Waals surface area contributed by atoms with E-state index in [0.717, 1.165) is 92.8 Å². The number of carbonyl (C=O) groups is 3. The number of unbranched alkanes of at least 4 members (excludes halogenated alkanes) is 1. The largest absolute Gasteiger partial charge is 0.444 e. The van der Waals surface area contributed by atoms with E-state index in [2.05, 4.69) is 34.3 Å². The molecule has 54 heavy (non-hydrogen) atoms. The second-order valence-corrected chi connectivity index (χ2v) is 16.3. The summed E-state index contributed by atoms with van der Waals surface area (Å²) in [6, 6.07) is 16.3. The Balaban J connectivity index is 0.000000241. The van der Waals surface area contributed by atoms with Crippen LogP contribution >= 0.6 is 0 Å². The standard InChI is InChI=1S/C21H31N3O3.C21H33N3O3/c1-21(2,3)27-20(25)23-13-7-9-16(15-23)24-18-11-6-5-10-17(18)22-19(24)12-8-14-26-4;1-5-6-13-19(25)23-18-12-8-7-11-17(18)22-16-10-9-14-24(15-16)20(26)27-21(2,3)4/h5-6,10-11,16H,7-9,12-15H2,1-4H3;7-8,11-12,16,22H,5-6,9-10,13-15H2,1-4H3,(H,23,25)/t16-;/m1./s1. The molecule has 3 amide bonds. The van der Waals surface area contributed by atoms with Crippen LogP contribution in [-0.2, 0) is 25.4 Å². The summed E-state index contributed by atoms with van der Waals surface area (Å²) in [5.41, 5.74) is 2.86. The summed E-state index contributed by atoms with van der Waals surface area (Å²) in [5, 5.41) is 6.49. The van der Waals surface area contributed by atoms with Crippen LogP contribution in [0.3, 0.4) is 0 Å². The van der Waals surface area contributed by atoms with Crippen LogP contribution in [0.2, 0.25) is 0 Å². The summed E-state index contributed by atoms with van der Waals surface area (Å²) >= 11 is 0. The molecule has 2 saturated heterocycles. The average Bonchev–Trinajstić information content (AvgIpc) is 3.49. The van der Waals surface area contributed by atoms with Gasteiger partial charge < -0.3 is 39.2 Å². The van der Waals surface area contributed by atoms with Gasteiger partial charge in [0.1, 0.15) is 17.0 Å². The van der Waals surface area contributed by atoms with Gasteiger partial charge in [-0.3, -0.25) is 4.79 Å². The average molecular weight is 749 g/mol. The monoisotopic (exact) mass is 748 g/mol. The molecule has 2 N–H and O–H groups in total. The number of fused-ring (bicyclic) bond motifs is 1. The molecule has 2 fully saturated rings. The fourth-order valence-electron chi connectivity index (χ4n) is 6.79. The number of piperidine rings is 2. The number of rotatable bonds is 11. The number of para-hydroxylation sites is 4. The smallest absolute Gasteiger partial charge is 0.410 e.